The molecule has 4 atom stereocenters. The van der Waals surface area contributed by atoms with Crippen LogP contribution in [0.15, 0.2) is 139 Å². The minimum atomic E-state index is -4.01. The van der Waals surface area contributed by atoms with E-state index < -0.39 is 68.5 Å². The van der Waals surface area contributed by atoms with Gasteiger partial charge in [-0.1, -0.05) is 121 Å². The maximum absolute atomic E-state index is 15.8. The molecule has 0 unspecified atom stereocenters. The van der Waals surface area contributed by atoms with Crippen LogP contribution >= 0.6 is 14.9 Å². The van der Waals surface area contributed by atoms with E-state index in [9.17, 15) is 24.0 Å². The Balaban J connectivity index is 1.28. The average molecular weight is 1140 g/mol. The maximum atomic E-state index is 15.8. The summed E-state index contributed by atoms with van der Waals surface area (Å²) in [5.41, 5.74) is 3.24. The van der Waals surface area contributed by atoms with Crippen molar-refractivity contribution in [2.24, 2.45) is 0 Å². The molecule has 0 saturated carbocycles. The van der Waals surface area contributed by atoms with Gasteiger partial charge in [0.2, 0.25) is 14.9 Å². The van der Waals surface area contributed by atoms with E-state index in [-0.39, 0.29) is 109 Å². The molecule has 0 spiro atoms. The molecule has 4 aromatic carbocycles. The Bertz CT molecular complexity index is 2870. The van der Waals surface area contributed by atoms with Crippen molar-refractivity contribution < 1.29 is 52.0 Å². The van der Waals surface area contributed by atoms with Gasteiger partial charge in [0.15, 0.2) is 11.2 Å². The van der Waals surface area contributed by atoms with Crippen LogP contribution in [0, 0.1) is 0 Å². The summed E-state index contributed by atoms with van der Waals surface area (Å²) >= 11 is 0. The molecule has 21 nitrogen and oxygen atoms in total. The molecule has 2 aromatic heterocycles. The third-order valence-electron chi connectivity index (χ3n) is 12.8. The molecule has 0 radical (unpaired) electrons. The molecule has 6 rings (SSSR count). The minimum Gasteiger partial charge on any atom is -0.465 e. The highest BCUT2D eigenvalue weighted by molar-refractivity contribution is 7.60. The molecule has 0 aliphatic heterocycles. The standard InChI is InChI=1S/C57H75N9O12P2/c1-5-75-54(68)47(37-43-21-13-9-14-22-43)61-79(72,62-48(55(69)76-6-2)38-44-23-15-10-16-24-44)35-32-65(29-30-66-42-60-51-52(66)58-41-59-53(51)67)31-33-74-34-36-80(73,63-49(56(70)77-7-3)39-45-25-17-11-18-26-45)64-50(57(71)78-8-4)40-46-27-19-12-20-28-46/h9-28,41-42,47-50H,5-8,29-40H2,1-4H3,(H,58,59,67)(H2,61,62,72)(H2,63,64,73)/t47-,48-,49-,50-/m1/s1. The lowest BCUT2D eigenvalue weighted by atomic mass is 10.1. The first-order valence-electron chi connectivity index (χ1n) is 27.0. The minimum absolute atomic E-state index is 0.0450. The van der Waals surface area contributed by atoms with Crippen LogP contribution in [0.5, 0.6) is 0 Å². The fourth-order valence-corrected chi connectivity index (χ4v) is 13.3. The number of nitrogens with zero attached hydrogens (tertiary/aromatic N) is 4. The van der Waals surface area contributed by atoms with Crippen LogP contribution in [0.3, 0.4) is 0 Å². The van der Waals surface area contributed by atoms with Gasteiger partial charge in [-0.2, -0.15) is 0 Å². The van der Waals surface area contributed by atoms with Crippen molar-refractivity contribution in [3.05, 3.63) is 167 Å². The number of aromatic amines is 1. The number of ether oxygens (including phenoxy) is 5. The van der Waals surface area contributed by atoms with Gasteiger partial charge in [0.05, 0.1) is 58.5 Å². The molecular weight excluding hydrogens is 1060 g/mol. The third-order valence-corrected chi connectivity index (χ3v) is 17.3. The number of fused-ring (bicyclic) bond motifs is 1. The Hall–Kier alpha value is -6.67. The van der Waals surface area contributed by atoms with Gasteiger partial charge < -0.3 is 33.2 Å². The average Bonchev–Trinajstić information content (AvgIpc) is 3.90. The Kier molecular flexibility index (Phi) is 25.4. The van der Waals surface area contributed by atoms with E-state index in [4.69, 9.17) is 23.7 Å². The maximum Gasteiger partial charge on any atom is 0.323 e. The Morgan fingerprint density at radius 2 is 0.900 bits per heavy atom. The summed E-state index contributed by atoms with van der Waals surface area (Å²) in [6, 6.07) is 32.5. The summed E-state index contributed by atoms with van der Waals surface area (Å²) in [5, 5.41) is 12.5. The second kappa shape index (κ2) is 32.6. The number of esters is 4. The molecule has 0 fully saturated rings. The Morgan fingerprint density at radius 3 is 1.27 bits per heavy atom. The summed E-state index contributed by atoms with van der Waals surface area (Å²) < 4.78 is 61.2. The van der Waals surface area contributed by atoms with Gasteiger partial charge >= 0.3 is 23.9 Å². The highest BCUT2D eigenvalue weighted by Crippen LogP contribution is 2.40. The SMILES string of the molecule is CCOC(=O)[C@@H](Cc1ccccc1)NP(=O)(CCOCCN(CCn1cnc2c(=O)[nH]cnc21)CCP(=O)(N[C@H](Cc1ccccc1)C(=O)OCC)N[C@H](Cc1ccccc1)C(=O)OCC)N[C@H](Cc1ccccc1)C(=O)OCC. The number of aromatic nitrogens is 4. The normalized spacial score (nSPS) is 13.3. The highest BCUT2D eigenvalue weighted by atomic mass is 31.2. The number of hydrogen-bond donors (Lipinski definition) is 5. The number of benzene rings is 4. The zero-order valence-corrected chi connectivity index (χ0v) is 47.7. The number of imidazole rings is 1. The van der Waals surface area contributed by atoms with Crippen molar-refractivity contribution in [1.82, 2.24) is 44.8 Å². The largest absolute Gasteiger partial charge is 0.465 e. The van der Waals surface area contributed by atoms with Crippen LogP contribution in [-0.4, -0.2) is 144 Å². The summed E-state index contributed by atoms with van der Waals surface area (Å²) in [6.45, 7) is 7.83. The van der Waals surface area contributed by atoms with Crippen molar-refractivity contribution in [3.8, 4) is 0 Å². The molecule has 23 heteroatoms. The van der Waals surface area contributed by atoms with E-state index in [0.29, 0.717) is 5.65 Å². The first kappa shape index (κ1) is 62.5. The molecule has 0 amide bonds. The van der Waals surface area contributed by atoms with Gasteiger partial charge in [-0.3, -0.25) is 38.0 Å². The van der Waals surface area contributed by atoms with Gasteiger partial charge in [-0.05, 0) is 75.6 Å². The second-order valence-corrected chi connectivity index (χ2v) is 23.6. The molecule has 0 aliphatic rings. The van der Waals surface area contributed by atoms with Crippen molar-refractivity contribution in [2.75, 3.05) is 71.6 Å². The number of H-pyrrole nitrogens is 1. The van der Waals surface area contributed by atoms with Crippen molar-refractivity contribution in [1.29, 1.82) is 0 Å². The Morgan fingerprint density at radius 1 is 0.525 bits per heavy atom. The highest BCUT2D eigenvalue weighted by Gasteiger charge is 2.37. The molecule has 80 heavy (non-hydrogen) atoms. The van der Waals surface area contributed by atoms with Gasteiger partial charge in [-0.15, -0.1) is 0 Å². The fourth-order valence-electron chi connectivity index (χ4n) is 8.85. The summed E-state index contributed by atoms with van der Waals surface area (Å²) in [7, 11) is -7.96. The molecule has 6 aromatic rings. The van der Waals surface area contributed by atoms with Crippen LogP contribution < -0.4 is 25.9 Å². The van der Waals surface area contributed by atoms with E-state index in [1.54, 1.807) is 32.3 Å². The van der Waals surface area contributed by atoms with Gasteiger partial charge in [0, 0.05) is 32.3 Å². The molecular formula is C57H75N9O12P2. The number of hydrogen-bond acceptors (Lipinski definition) is 15. The van der Waals surface area contributed by atoms with Crippen LogP contribution in [0.25, 0.3) is 11.2 Å². The first-order chi connectivity index (χ1) is 38.7. The second-order valence-electron chi connectivity index (χ2n) is 18.7. The first-order valence-corrected chi connectivity index (χ1v) is 30.8. The van der Waals surface area contributed by atoms with Crippen molar-refractivity contribution >= 4 is 49.9 Å². The van der Waals surface area contributed by atoms with Crippen LogP contribution in [0.2, 0.25) is 0 Å². The number of nitrogens with one attached hydrogen (secondary N) is 5. The molecule has 0 saturated heterocycles. The van der Waals surface area contributed by atoms with Gasteiger partial charge in [0.1, 0.15) is 24.2 Å². The molecule has 5 N–H and O–H groups in total. The van der Waals surface area contributed by atoms with Crippen LogP contribution in [0.4, 0.5) is 0 Å². The lowest BCUT2D eigenvalue weighted by Crippen LogP contribution is -2.47. The molecule has 2 heterocycles. The van der Waals surface area contributed by atoms with Gasteiger partial charge in [0.25, 0.3) is 5.56 Å². The van der Waals surface area contributed by atoms with E-state index in [2.05, 4.69) is 35.3 Å². The zero-order valence-electron chi connectivity index (χ0n) is 45.9. The lowest BCUT2D eigenvalue weighted by Gasteiger charge is -2.31. The van der Waals surface area contributed by atoms with Crippen molar-refractivity contribution in [2.45, 2.75) is 84.1 Å². The molecule has 0 aliphatic carbocycles. The number of carbonyl (C=O) groups is 4. The monoisotopic (exact) mass is 1140 g/mol. The van der Waals surface area contributed by atoms with E-state index >= 15 is 9.13 Å². The predicted molar refractivity (Wildman–Crippen MR) is 305 cm³/mol. The third kappa shape index (κ3) is 20.1. The summed E-state index contributed by atoms with van der Waals surface area (Å²) in [4.78, 5) is 80.5. The summed E-state index contributed by atoms with van der Waals surface area (Å²) in [6.07, 6.45) is 3.01. The zero-order chi connectivity index (χ0) is 57.2. The van der Waals surface area contributed by atoms with E-state index in [0.717, 1.165) is 22.3 Å². The summed E-state index contributed by atoms with van der Waals surface area (Å²) in [5.74, 6) is -2.51. The molecule has 430 valence electrons. The quantitative estimate of drug-likeness (QED) is 0.0133. The Labute approximate surface area is 467 Å². The number of rotatable bonds is 36. The lowest BCUT2D eigenvalue weighted by molar-refractivity contribution is -0.146. The topological polar surface area (TPSA) is 263 Å². The molecule has 0 bridgehead atoms. The smallest absolute Gasteiger partial charge is 0.323 e. The van der Waals surface area contributed by atoms with Crippen LogP contribution in [0.1, 0.15) is 49.9 Å². The predicted octanol–water partition coefficient (Wildman–Crippen LogP) is 5.88. The number of carbonyl (C=O) groups excluding carboxylic acids is 4. The van der Waals surface area contributed by atoms with E-state index in [1.165, 1.54) is 12.7 Å². The van der Waals surface area contributed by atoms with Crippen LogP contribution in [-0.2, 0) is 84.2 Å². The van der Waals surface area contributed by atoms with E-state index in [1.807, 2.05) is 126 Å². The fraction of sp³-hybridized carbons (Fsp3) is 0.421. The van der Waals surface area contributed by atoms with Gasteiger partial charge in [-0.25, -0.2) is 30.3 Å². The van der Waals surface area contributed by atoms with Crippen molar-refractivity contribution in [3.63, 3.8) is 0 Å².